The van der Waals surface area contributed by atoms with Gasteiger partial charge in [-0.25, -0.2) is 0 Å². The molecule has 1 heterocycles. The lowest BCUT2D eigenvalue weighted by Gasteiger charge is -2.22. The maximum absolute atomic E-state index is 11.1. The molecule has 0 aliphatic carbocycles. The van der Waals surface area contributed by atoms with Gasteiger partial charge in [-0.1, -0.05) is 30.3 Å². The molecule has 0 spiro atoms. The molecule has 0 unspecified atom stereocenters. The summed E-state index contributed by atoms with van der Waals surface area (Å²) in [4.78, 5) is 11.1. The fourth-order valence-electron chi connectivity index (χ4n) is 1.61. The smallest absolute Gasteiger partial charge is 0.230 e. The van der Waals surface area contributed by atoms with Crippen LogP contribution in [0.2, 0.25) is 0 Å². The van der Waals surface area contributed by atoms with Crippen molar-refractivity contribution in [3.63, 3.8) is 0 Å². The lowest BCUT2D eigenvalue weighted by atomic mass is 10.1. The first-order valence-electron chi connectivity index (χ1n) is 4.75. The van der Waals surface area contributed by atoms with E-state index in [1.807, 2.05) is 18.2 Å². The van der Waals surface area contributed by atoms with E-state index >= 15 is 0 Å². The first-order chi connectivity index (χ1) is 6.84. The average molecular weight is 207 g/mol. The van der Waals surface area contributed by atoms with Crippen LogP contribution in [0.4, 0.5) is 0 Å². The average Bonchev–Trinajstić information content (AvgIpc) is 2.19. The maximum Gasteiger partial charge on any atom is 0.230 e. The van der Waals surface area contributed by atoms with Gasteiger partial charge in [0, 0.05) is 11.8 Å². The van der Waals surface area contributed by atoms with Gasteiger partial charge >= 0.3 is 0 Å². The van der Waals surface area contributed by atoms with Gasteiger partial charge in [0.25, 0.3) is 0 Å². The van der Waals surface area contributed by atoms with Crippen LogP contribution in [0, 0.1) is 0 Å². The van der Waals surface area contributed by atoms with Crippen LogP contribution in [-0.2, 0) is 11.2 Å². The molecule has 1 atom stereocenters. The zero-order valence-electron chi connectivity index (χ0n) is 7.90. The molecule has 1 amide bonds. The third kappa shape index (κ3) is 2.51. The van der Waals surface area contributed by atoms with Crippen LogP contribution in [0.3, 0.4) is 0 Å². The molecule has 3 heteroatoms. The normalized spacial score (nSPS) is 21.7. The van der Waals surface area contributed by atoms with Crippen molar-refractivity contribution in [2.24, 2.45) is 0 Å². The van der Waals surface area contributed by atoms with Crippen LogP contribution in [0.1, 0.15) is 5.56 Å². The van der Waals surface area contributed by atoms with E-state index in [0.29, 0.717) is 11.8 Å². The van der Waals surface area contributed by atoms with E-state index in [-0.39, 0.29) is 5.91 Å². The van der Waals surface area contributed by atoms with Gasteiger partial charge in [0.2, 0.25) is 5.91 Å². The summed E-state index contributed by atoms with van der Waals surface area (Å²) in [6.07, 6.45) is 0.944. The Balaban J connectivity index is 1.94. The summed E-state index contributed by atoms with van der Waals surface area (Å²) in [5.41, 5.74) is 1.29. The predicted octanol–water partition coefficient (Wildman–Crippen LogP) is 1.46. The van der Waals surface area contributed by atoms with Gasteiger partial charge < -0.3 is 5.32 Å². The van der Waals surface area contributed by atoms with Gasteiger partial charge in [-0.2, -0.15) is 0 Å². The molecule has 1 saturated heterocycles. The topological polar surface area (TPSA) is 29.1 Å². The summed E-state index contributed by atoms with van der Waals surface area (Å²) in [7, 11) is 0. The summed E-state index contributed by atoms with van der Waals surface area (Å²) in [5, 5.41) is 3.01. The highest BCUT2D eigenvalue weighted by Crippen LogP contribution is 2.12. The van der Waals surface area contributed by atoms with E-state index < -0.39 is 0 Å². The molecule has 74 valence electrons. The zero-order valence-corrected chi connectivity index (χ0v) is 8.72. The van der Waals surface area contributed by atoms with Crippen LogP contribution in [0.5, 0.6) is 0 Å². The van der Waals surface area contributed by atoms with E-state index in [1.165, 1.54) is 5.56 Å². The fourth-order valence-corrected chi connectivity index (χ4v) is 2.49. The summed E-state index contributed by atoms with van der Waals surface area (Å²) in [6.45, 7) is 0. The number of rotatable bonds is 2. The van der Waals surface area contributed by atoms with E-state index in [4.69, 9.17) is 0 Å². The minimum absolute atomic E-state index is 0.169. The van der Waals surface area contributed by atoms with Crippen LogP contribution in [0.25, 0.3) is 0 Å². The number of carbonyl (C=O) groups is 1. The second-order valence-electron chi connectivity index (χ2n) is 3.47. The van der Waals surface area contributed by atoms with Crippen LogP contribution in [-0.4, -0.2) is 23.5 Å². The van der Waals surface area contributed by atoms with Gasteiger partial charge in [-0.15, -0.1) is 11.8 Å². The molecule has 14 heavy (non-hydrogen) atoms. The first-order valence-corrected chi connectivity index (χ1v) is 5.91. The molecule has 1 fully saturated rings. The summed E-state index contributed by atoms with van der Waals surface area (Å²) >= 11 is 1.72. The molecular formula is C11H13NOS. The largest absolute Gasteiger partial charge is 0.351 e. The Kier molecular flexibility index (Phi) is 3.09. The number of hydrogen-bond acceptors (Lipinski definition) is 2. The molecule has 0 aromatic heterocycles. The lowest BCUT2D eigenvalue weighted by molar-refractivity contribution is -0.119. The highest BCUT2D eigenvalue weighted by molar-refractivity contribution is 8.00. The lowest BCUT2D eigenvalue weighted by Crippen LogP contribution is -2.43. The second-order valence-corrected chi connectivity index (χ2v) is 4.50. The number of carbonyl (C=O) groups excluding carboxylic acids is 1. The summed E-state index contributed by atoms with van der Waals surface area (Å²) in [5.74, 6) is 1.81. The third-order valence-electron chi connectivity index (χ3n) is 2.24. The third-order valence-corrected chi connectivity index (χ3v) is 3.35. The quantitative estimate of drug-likeness (QED) is 0.795. The van der Waals surface area contributed by atoms with Crippen molar-refractivity contribution in [3.05, 3.63) is 35.9 Å². The van der Waals surface area contributed by atoms with E-state index in [0.717, 1.165) is 12.2 Å². The summed E-state index contributed by atoms with van der Waals surface area (Å²) in [6, 6.07) is 10.6. The molecule has 1 N–H and O–H groups in total. The molecule has 1 aromatic carbocycles. The monoisotopic (exact) mass is 207 g/mol. The number of amides is 1. The van der Waals surface area contributed by atoms with Crippen molar-refractivity contribution in [2.45, 2.75) is 12.5 Å². The molecule has 2 nitrogen and oxygen atoms in total. The Labute approximate surface area is 88.1 Å². The fraction of sp³-hybridized carbons (Fsp3) is 0.364. The first kappa shape index (κ1) is 9.59. The SMILES string of the molecule is O=C1CSC[C@@H](Cc2ccccc2)N1. The Bertz CT molecular complexity index is 312. The predicted molar refractivity (Wildman–Crippen MR) is 59.4 cm³/mol. The van der Waals surface area contributed by atoms with Crippen molar-refractivity contribution < 1.29 is 4.79 Å². The minimum Gasteiger partial charge on any atom is -0.351 e. The van der Waals surface area contributed by atoms with E-state index in [9.17, 15) is 4.79 Å². The van der Waals surface area contributed by atoms with Crippen molar-refractivity contribution in [1.82, 2.24) is 5.32 Å². The number of thioether (sulfide) groups is 1. The van der Waals surface area contributed by atoms with Crippen molar-refractivity contribution >= 4 is 17.7 Å². The standard InChI is InChI=1S/C11H13NOS/c13-11-8-14-7-10(12-11)6-9-4-2-1-3-5-9/h1-5,10H,6-8H2,(H,12,13)/t10-/m1/s1. The highest BCUT2D eigenvalue weighted by atomic mass is 32.2. The number of hydrogen-bond donors (Lipinski definition) is 1. The second kappa shape index (κ2) is 4.51. The Morgan fingerprint density at radius 2 is 2.14 bits per heavy atom. The molecule has 1 aliphatic rings. The zero-order chi connectivity index (χ0) is 9.80. The maximum atomic E-state index is 11.1. The van der Waals surface area contributed by atoms with Crippen molar-refractivity contribution in [2.75, 3.05) is 11.5 Å². The number of nitrogens with one attached hydrogen (secondary N) is 1. The van der Waals surface area contributed by atoms with E-state index in [2.05, 4.69) is 17.4 Å². The van der Waals surface area contributed by atoms with Crippen LogP contribution in [0.15, 0.2) is 30.3 Å². The van der Waals surface area contributed by atoms with Crippen LogP contribution < -0.4 is 5.32 Å². The van der Waals surface area contributed by atoms with Crippen LogP contribution >= 0.6 is 11.8 Å². The van der Waals surface area contributed by atoms with Gasteiger partial charge in [0.1, 0.15) is 0 Å². The Morgan fingerprint density at radius 1 is 1.36 bits per heavy atom. The molecule has 1 aliphatic heterocycles. The van der Waals surface area contributed by atoms with Gasteiger partial charge in [-0.05, 0) is 12.0 Å². The van der Waals surface area contributed by atoms with Crippen molar-refractivity contribution in [1.29, 1.82) is 0 Å². The molecule has 2 rings (SSSR count). The van der Waals surface area contributed by atoms with Gasteiger partial charge in [0.05, 0.1) is 5.75 Å². The number of benzene rings is 1. The molecular weight excluding hydrogens is 194 g/mol. The molecule has 0 bridgehead atoms. The van der Waals surface area contributed by atoms with Gasteiger partial charge in [-0.3, -0.25) is 4.79 Å². The van der Waals surface area contributed by atoms with E-state index in [1.54, 1.807) is 11.8 Å². The van der Waals surface area contributed by atoms with Crippen molar-refractivity contribution in [3.8, 4) is 0 Å². The summed E-state index contributed by atoms with van der Waals surface area (Å²) < 4.78 is 0. The molecule has 0 radical (unpaired) electrons. The highest BCUT2D eigenvalue weighted by Gasteiger charge is 2.18. The minimum atomic E-state index is 0.169. The molecule has 1 aromatic rings. The Hall–Kier alpha value is -0.960. The van der Waals surface area contributed by atoms with Gasteiger partial charge in [0.15, 0.2) is 0 Å². The Morgan fingerprint density at radius 3 is 2.86 bits per heavy atom. The molecule has 0 saturated carbocycles.